The molecule has 10 heteroatoms. The largest absolute Gasteiger partial charge is 0.481 e. The summed E-state index contributed by atoms with van der Waals surface area (Å²) < 4.78 is 42.8. The molecule has 3 rings (SSSR count). The van der Waals surface area contributed by atoms with Crippen molar-refractivity contribution >= 4 is 17.5 Å². The number of amides is 2. The van der Waals surface area contributed by atoms with Gasteiger partial charge in [0, 0.05) is 31.4 Å². The first-order valence-electron chi connectivity index (χ1n) is 8.71. The van der Waals surface area contributed by atoms with E-state index in [1.807, 2.05) is 4.90 Å². The lowest BCUT2D eigenvalue weighted by atomic mass is 10.1. The number of methoxy groups -OCH3 is 1. The molecule has 0 aliphatic carbocycles. The second-order valence-corrected chi connectivity index (χ2v) is 6.35. The van der Waals surface area contributed by atoms with E-state index in [0.717, 1.165) is 12.3 Å². The molecule has 7 nitrogen and oxygen atoms in total. The van der Waals surface area contributed by atoms with Crippen LogP contribution in [0.1, 0.15) is 18.4 Å². The van der Waals surface area contributed by atoms with E-state index >= 15 is 0 Å². The SMILES string of the molecule is COc1ccc(NC(=O)NC2CCN(c3ccc(C(F)(F)F)cn3)CC2)cn1. The first-order chi connectivity index (χ1) is 13.3. The van der Waals surface area contributed by atoms with E-state index in [1.165, 1.54) is 19.4 Å². The molecule has 2 amide bonds. The number of urea groups is 1. The third-order valence-electron chi connectivity index (χ3n) is 4.43. The van der Waals surface area contributed by atoms with Gasteiger partial charge in [-0.15, -0.1) is 0 Å². The monoisotopic (exact) mass is 395 g/mol. The number of halogens is 3. The van der Waals surface area contributed by atoms with Crippen LogP contribution in [-0.2, 0) is 6.18 Å². The fourth-order valence-corrected chi connectivity index (χ4v) is 2.92. The zero-order chi connectivity index (χ0) is 20.1. The van der Waals surface area contributed by atoms with Crippen LogP contribution in [0.4, 0.5) is 29.5 Å². The summed E-state index contributed by atoms with van der Waals surface area (Å²) in [4.78, 5) is 21.9. The Bertz CT molecular complexity index is 788. The van der Waals surface area contributed by atoms with Gasteiger partial charge in [0.25, 0.3) is 0 Å². The molecule has 0 spiro atoms. The molecule has 150 valence electrons. The molecule has 2 aromatic rings. The van der Waals surface area contributed by atoms with Gasteiger partial charge in [0.05, 0.1) is 24.6 Å². The Kier molecular flexibility index (Phi) is 5.86. The maximum Gasteiger partial charge on any atom is 0.417 e. The Morgan fingerprint density at radius 2 is 1.89 bits per heavy atom. The summed E-state index contributed by atoms with van der Waals surface area (Å²) in [6.45, 7) is 1.18. The van der Waals surface area contributed by atoms with Crippen LogP contribution in [0.5, 0.6) is 5.88 Å². The minimum atomic E-state index is -4.39. The van der Waals surface area contributed by atoms with Crippen molar-refractivity contribution in [1.82, 2.24) is 15.3 Å². The number of anilines is 2. The highest BCUT2D eigenvalue weighted by molar-refractivity contribution is 5.89. The van der Waals surface area contributed by atoms with E-state index in [-0.39, 0.29) is 12.1 Å². The quantitative estimate of drug-likeness (QED) is 0.831. The van der Waals surface area contributed by atoms with Crippen molar-refractivity contribution in [2.24, 2.45) is 0 Å². The number of nitrogens with zero attached hydrogens (tertiary/aromatic N) is 3. The van der Waals surface area contributed by atoms with Crippen molar-refractivity contribution in [2.45, 2.75) is 25.1 Å². The van der Waals surface area contributed by atoms with Crippen molar-refractivity contribution in [2.75, 3.05) is 30.4 Å². The van der Waals surface area contributed by atoms with Crippen molar-refractivity contribution in [3.63, 3.8) is 0 Å². The maximum atomic E-state index is 12.6. The summed E-state index contributed by atoms with van der Waals surface area (Å²) in [6, 6.07) is 5.37. The Morgan fingerprint density at radius 1 is 1.14 bits per heavy atom. The summed E-state index contributed by atoms with van der Waals surface area (Å²) in [6.07, 6.45) is -0.726. The molecule has 0 atom stereocenters. The number of ether oxygens (including phenoxy) is 1. The van der Waals surface area contributed by atoms with Crippen molar-refractivity contribution in [3.8, 4) is 5.88 Å². The lowest BCUT2D eigenvalue weighted by Crippen LogP contribution is -2.46. The average molecular weight is 395 g/mol. The first-order valence-corrected chi connectivity index (χ1v) is 8.71. The molecule has 1 fully saturated rings. The summed E-state index contributed by atoms with van der Waals surface area (Å²) >= 11 is 0. The second kappa shape index (κ2) is 8.32. The second-order valence-electron chi connectivity index (χ2n) is 6.35. The smallest absolute Gasteiger partial charge is 0.417 e. The van der Waals surface area contributed by atoms with Gasteiger partial charge < -0.3 is 20.3 Å². The summed E-state index contributed by atoms with van der Waals surface area (Å²) in [5, 5.41) is 5.60. The fraction of sp³-hybridized carbons (Fsp3) is 0.389. The Balaban J connectivity index is 1.47. The Morgan fingerprint density at radius 3 is 2.43 bits per heavy atom. The van der Waals surface area contributed by atoms with Crippen molar-refractivity contribution in [3.05, 3.63) is 42.2 Å². The molecule has 0 saturated carbocycles. The van der Waals surface area contributed by atoms with E-state index in [0.29, 0.717) is 43.3 Å². The molecule has 0 radical (unpaired) electrons. The zero-order valence-electron chi connectivity index (χ0n) is 15.2. The first kappa shape index (κ1) is 19.7. The number of rotatable bonds is 4. The fourth-order valence-electron chi connectivity index (χ4n) is 2.92. The molecule has 1 aliphatic rings. The minimum Gasteiger partial charge on any atom is -0.481 e. The molecule has 1 saturated heterocycles. The molecule has 2 aromatic heterocycles. The van der Waals surface area contributed by atoms with Gasteiger partial charge in [-0.1, -0.05) is 0 Å². The molecular weight excluding hydrogens is 375 g/mol. The molecule has 2 N–H and O–H groups in total. The van der Waals surface area contributed by atoms with Crippen LogP contribution >= 0.6 is 0 Å². The number of carbonyl (C=O) groups excluding carboxylic acids is 1. The third-order valence-corrected chi connectivity index (χ3v) is 4.43. The van der Waals surface area contributed by atoms with Crippen LogP contribution in [0, 0.1) is 0 Å². The molecule has 28 heavy (non-hydrogen) atoms. The Hall–Kier alpha value is -3.04. The van der Waals surface area contributed by atoms with Gasteiger partial charge in [-0.2, -0.15) is 13.2 Å². The average Bonchev–Trinajstić information content (AvgIpc) is 2.68. The lowest BCUT2D eigenvalue weighted by Gasteiger charge is -2.33. The van der Waals surface area contributed by atoms with Gasteiger partial charge in [-0.05, 0) is 31.0 Å². The number of aromatic nitrogens is 2. The molecule has 0 unspecified atom stereocenters. The van der Waals surface area contributed by atoms with Gasteiger partial charge in [0.1, 0.15) is 5.82 Å². The lowest BCUT2D eigenvalue weighted by molar-refractivity contribution is -0.137. The highest BCUT2D eigenvalue weighted by Crippen LogP contribution is 2.29. The van der Waals surface area contributed by atoms with Gasteiger partial charge in [-0.25, -0.2) is 14.8 Å². The predicted molar refractivity (Wildman–Crippen MR) is 97.4 cm³/mol. The highest BCUT2D eigenvalue weighted by atomic mass is 19.4. The molecule has 0 aromatic carbocycles. The maximum absolute atomic E-state index is 12.6. The van der Waals surface area contributed by atoms with E-state index in [9.17, 15) is 18.0 Å². The van der Waals surface area contributed by atoms with Crippen molar-refractivity contribution in [1.29, 1.82) is 0 Å². The van der Waals surface area contributed by atoms with Gasteiger partial charge in [0.15, 0.2) is 0 Å². The van der Waals surface area contributed by atoms with E-state index in [4.69, 9.17) is 4.74 Å². The number of carbonyl (C=O) groups is 1. The number of pyridine rings is 2. The normalized spacial score (nSPS) is 15.2. The van der Waals surface area contributed by atoms with Crippen molar-refractivity contribution < 1.29 is 22.7 Å². The number of piperidine rings is 1. The summed E-state index contributed by atoms with van der Waals surface area (Å²) in [5.41, 5.74) is -0.220. The van der Waals surface area contributed by atoms with Crippen LogP contribution in [0.2, 0.25) is 0 Å². The van der Waals surface area contributed by atoms with Gasteiger partial charge >= 0.3 is 12.2 Å². The van der Waals surface area contributed by atoms with Crippen LogP contribution in [0.25, 0.3) is 0 Å². The Labute approximate surface area is 159 Å². The number of alkyl halides is 3. The van der Waals surface area contributed by atoms with Gasteiger partial charge in [-0.3, -0.25) is 0 Å². The standard InChI is InChI=1S/C18H20F3N5O2/c1-28-16-5-3-14(11-23-16)25-17(27)24-13-6-8-26(9-7-13)15-4-2-12(10-22-15)18(19,20)21/h2-5,10-11,13H,6-9H2,1H3,(H2,24,25,27). The molecular formula is C18H20F3N5O2. The van der Waals surface area contributed by atoms with Crippen LogP contribution in [0.15, 0.2) is 36.7 Å². The van der Waals surface area contributed by atoms with E-state index < -0.39 is 11.7 Å². The zero-order valence-corrected chi connectivity index (χ0v) is 15.2. The van der Waals surface area contributed by atoms with Crippen LogP contribution < -0.4 is 20.3 Å². The molecule has 3 heterocycles. The number of hydrogen-bond donors (Lipinski definition) is 2. The third kappa shape index (κ3) is 5.02. The minimum absolute atomic E-state index is 0.0306. The van der Waals surface area contributed by atoms with E-state index in [1.54, 1.807) is 12.1 Å². The molecule has 0 bridgehead atoms. The topological polar surface area (TPSA) is 79.4 Å². The number of nitrogens with one attached hydrogen (secondary N) is 2. The highest BCUT2D eigenvalue weighted by Gasteiger charge is 2.31. The predicted octanol–water partition coefficient (Wildman–Crippen LogP) is 3.29. The molecule has 1 aliphatic heterocycles. The van der Waals surface area contributed by atoms with Gasteiger partial charge in [0.2, 0.25) is 5.88 Å². The summed E-state index contributed by atoms with van der Waals surface area (Å²) in [7, 11) is 1.51. The van der Waals surface area contributed by atoms with E-state index in [2.05, 4.69) is 20.6 Å². The van der Waals surface area contributed by atoms with Crippen LogP contribution in [-0.4, -0.2) is 42.2 Å². The summed E-state index contributed by atoms with van der Waals surface area (Å²) in [5.74, 6) is 0.954. The number of hydrogen-bond acceptors (Lipinski definition) is 5. The van der Waals surface area contributed by atoms with Crippen LogP contribution in [0.3, 0.4) is 0 Å².